The highest BCUT2D eigenvalue weighted by Gasteiger charge is 2.40. The fraction of sp³-hybridized carbons (Fsp3) is 0.625. The third-order valence-electron chi connectivity index (χ3n) is 4.74. The van der Waals surface area contributed by atoms with Gasteiger partial charge in [-0.1, -0.05) is 30.3 Å². The van der Waals surface area contributed by atoms with Crippen LogP contribution in [0.5, 0.6) is 0 Å². The van der Waals surface area contributed by atoms with Gasteiger partial charge in [-0.05, 0) is 38.5 Å². The summed E-state index contributed by atoms with van der Waals surface area (Å²) in [6, 6.07) is 11.1. The number of morpholine rings is 1. The summed E-state index contributed by atoms with van der Waals surface area (Å²) in [6.45, 7) is 6.27. The molecule has 1 aromatic carbocycles. The van der Waals surface area contributed by atoms with Gasteiger partial charge in [-0.15, -0.1) is 0 Å². The van der Waals surface area contributed by atoms with Gasteiger partial charge in [0.1, 0.15) is 0 Å². The maximum atomic E-state index is 5.54. The number of ether oxygens (including phenoxy) is 1. The quantitative estimate of drug-likeness (QED) is 0.808. The van der Waals surface area contributed by atoms with E-state index in [1.807, 2.05) is 0 Å². The van der Waals surface area contributed by atoms with Gasteiger partial charge in [-0.3, -0.25) is 4.90 Å². The van der Waals surface area contributed by atoms with E-state index in [-0.39, 0.29) is 5.54 Å². The summed E-state index contributed by atoms with van der Waals surface area (Å²) in [5.41, 5.74) is 1.72. The third kappa shape index (κ3) is 2.55. The molecule has 2 aliphatic rings. The van der Waals surface area contributed by atoms with Crippen LogP contribution in [0.2, 0.25) is 0 Å². The molecule has 2 aliphatic heterocycles. The lowest BCUT2D eigenvalue weighted by atomic mass is 9.79. The molecule has 0 unspecified atom stereocenters. The van der Waals surface area contributed by atoms with Crippen molar-refractivity contribution < 1.29 is 4.74 Å². The Bertz CT molecular complexity index is 392. The fourth-order valence-corrected chi connectivity index (χ4v) is 3.52. The Hall–Kier alpha value is -0.900. The molecule has 0 amide bonds. The summed E-state index contributed by atoms with van der Waals surface area (Å²) in [4.78, 5) is 5.11. The van der Waals surface area contributed by atoms with Crippen molar-refractivity contribution in [2.75, 3.05) is 46.4 Å². The first-order chi connectivity index (χ1) is 9.31. The first-order valence-electron chi connectivity index (χ1n) is 7.38. The predicted octanol–water partition coefficient (Wildman–Crippen LogP) is 1.94. The molecular formula is C16H24N2O. The molecule has 104 valence electrons. The standard InChI is InChI=1S/C16H24N2O/c1-17-9-7-16(8-10-17,15-5-3-2-4-6-15)18-11-13-19-14-12-18/h2-6H,7-14H2,1H3. The second-order valence-corrected chi connectivity index (χ2v) is 5.80. The summed E-state index contributed by atoms with van der Waals surface area (Å²) in [6.07, 6.45) is 2.46. The smallest absolute Gasteiger partial charge is 0.0594 e. The first kappa shape index (κ1) is 13.1. The maximum absolute atomic E-state index is 5.54. The summed E-state index contributed by atoms with van der Waals surface area (Å²) in [5.74, 6) is 0. The summed E-state index contributed by atoms with van der Waals surface area (Å²) < 4.78 is 5.54. The summed E-state index contributed by atoms with van der Waals surface area (Å²) in [5, 5.41) is 0. The van der Waals surface area contributed by atoms with Crippen molar-refractivity contribution in [2.24, 2.45) is 0 Å². The minimum atomic E-state index is 0.234. The topological polar surface area (TPSA) is 15.7 Å². The van der Waals surface area contributed by atoms with Crippen LogP contribution in [0.1, 0.15) is 18.4 Å². The van der Waals surface area contributed by atoms with Gasteiger partial charge in [-0.2, -0.15) is 0 Å². The van der Waals surface area contributed by atoms with E-state index in [2.05, 4.69) is 47.2 Å². The van der Waals surface area contributed by atoms with E-state index in [0.717, 1.165) is 26.3 Å². The normalized spacial score (nSPS) is 25.3. The molecule has 0 aromatic heterocycles. The Labute approximate surface area is 116 Å². The van der Waals surface area contributed by atoms with Crippen LogP contribution in [0.25, 0.3) is 0 Å². The molecular weight excluding hydrogens is 236 g/mol. The zero-order valence-corrected chi connectivity index (χ0v) is 11.8. The van der Waals surface area contributed by atoms with Crippen LogP contribution in [0, 0.1) is 0 Å². The second kappa shape index (κ2) is 5.61. The number of rotatable bonds is 2. The van der Waals surface area contributed by atoms with Crippen LogP contribution in [0.3, 0.4) is 0 Å². The van der Waals surface area contributed by atoms with Gasteiger partial charge in [-0.25, -0.2) is 0 Å². The molecule has 2 fully saturated rings. The Kier molecular flexibility index (Phi) is 3.87. The summed E-state index contributed by atoms with van der Waals surface area (Å²) in [7, 11) is 2.23. The van der Waals surface area contributed by atoms with Gasteiger partial charge < -0.3 is 9.64 Å². The zero-order chi connectivity index (χ0) is 13.1. The lowest BCUT2D eigenvalue weighted by molar-refractivity contribution is -0.0485. The van der Waals surface area contributed by atoms with Crippen molar-refractivity contribution in [2.45, 2.75) is 18.4 Å². The number of nitrogens with zero attached hydrogens (tertiary/aromatic N) is 2. The molecule has 0 aliphatic carbocycles. The van der Waals surface area contributed by atoms with E-state index < -0.39 is 0 Å². The predicted molar refractivity (Wildman–Crippen MR) is 77.2 cm³/mol. The van der Waals surface area contributed by atoms with Crippen molar-refractivity contribution in [3.63, 3.8) is 0 Å². The Balaban J connectivity index is 1.91. The second-order valence-electron chi connectivity index (χ2n) is 5.80. The Morgan fingerprint density at radius 2 is 1.58 bits per heavy atom. The Morgan fingerprint density at radius 1 is 0.947 bits per heavy atom. The van der Waals surface area contributed by atoms with Gasteiger partial charge in [0, 0.05) is 18.6 Å². The monoisotopic (exact) mass is 260 g/mol. The summed E-state index contributed by atoms with van der Waals surface area (Å²) >= 11 is 0. The molecule has 3 nitrogen and oxygen atoms in total. The molecule has 0 spiro atoms. The zero-order valence-electron chi connectivity index (χ0n) is 11.8. The van der Waals surface area contributed by atoms with E-state index in [1.165, 1.54) is 31.5 Å². The van der Waals surface area contributed by atoms with Crippen molar-refractivity contribution in [3.8, 4) is 0 Å². The van der Waals surface area contributed by atoms with Crippen molar-refractivity contribution in [3.05, 3.63) is 35.9 Å². The molecule has 2 saturated heterocycles. The molecule has 0 radical (unpaired) electrons. The molecule has 0 bridgehead atoms. The molecule has 19 heavy (non-hydrogen) atoms. The van der Waals surface area contributed by atoms with Crippen molar-refractivity contribution in [1.29, 1.82) is 0 Å². The molecule has 1 aromatic rings. The van der Waals surface area contributed by atoms with Crippen LogP contribution >= 0.6 is 0 Å². The fourth-order valence-electron chi connectivity index (χ4n) is 3.52. The average Bonchev–Trinajstić information content (AvgIpc) is 2.50. The van der Waals surface area contributed by atoms with E-state index in [4.69, 9.17) is 4.74 Å². The van der Waals surface area contributed by atoms with Gasteiger partial charge in [0.2, 0.25) is 0 Å². The van der Waals surface area contributed by atoms with E-state index >= 15 is 0 Å². The SMILES string of the molecule is CN1CCC(c2ccccc2)(N2CCOCC2)CC1. The van der Waals surface area contributed by atoms with Gasteiger partial charge >= 0.3 is 0 Å². The highest BCUT2D eigenvalue weighted by atomic mass is 16.5. The van der Waals surface area contributed by atoms with Gasteiger partial charge in [0.15, 0.2) is 0 Å². The molecule has 0 N–H and O–H groups in total. The van der Waals surface area contributed by atoms with Crippen molar-refractivity contribution in [1.82, 2.24) is 9.80 Å². The van der Waals surface area contributed by atoms with Gasteiger partial charge in [0.25, 0.3) is 0 Å². The van der Waals surface area contributed by atoms with E-state index in [1.54, 1.807) is 0 Å². The Morgan fingerprint density at radius 3 is 2.21 bits per heavy atom. The van der Waals surface area contributed by atoms with Crippen LogP contribution in [-0.4, -0.2) is 56.2 Å². The number of benzene rings is 1. The highest BCUT2D eigenvalue weighted by molar-refractivity contribution is 5.26. The molecule has 3 rings (SSSR count). The number of likely N-dealkylation sites (tertiary alicyclic amines) is 1. The first-order valence-corrected chi connectivity index (χ1v) is 7.38. The lowest BCUT2D eigenvalue weighted by Crippen LogP contribution is -2.55. The van der Waals surface area contributed by atoms with E-state index in [9.17, 15) is 0 Å². The number of hydrogen-bond acceptors (Lipinski definition) is 3. The average molecular weight is 260 g/mol. The molecule has 2 heterocycles. The van der Waals surface area contributed by atoms with Crippen LogP contribution < -0.4 is 0 Å². The van der Waals surface area contributed by atoms with Crippen LogP contribution in [0.4, 0.5) is 0 Å². The number of piperidine rings is 1. The van der Waals surface area contributed by atoms with Crippen LogP contribution in [0.15, 0.2) is 30.3 Å². The van der Waals surface area contributed by atoms with E-state index in [0.29, 0.717) is 0 Å². The van der Waals surface area contributed by atoms with Gasteiger partial charge in [0.05, 0.1) is 13.2 Å². The third-order valence-corrected chi connectivity index (χ3v) is 4.74. The molecule has 0 atom stereocenters. The largest absolute Gasteiger partial charge is 0.379 e. The minimum absolute atomic E-state index is 0.234. The van der Waals surface area contributed by atoms with Crippen LogP contribution in [-0.2, 0) is 10.3 Å². The van der Waals surface area contributed by atoms with Crippen molar-refractivity contribution >= 4 is 0 Å². The molecule has 0 saturated carbocycles. The highest BCUT2D eigenvalue weighted by Crippen LogP contribution is 2.38. The molecule has 3 heteroatoms. The minimum Gasteiger partial charge on any atom is -0.379 e. The lowest BCUT2D eigenvalue weighted by Gasteiger charge is -2.50. The maximum Gasteiger partial charge on any atom is 0.0594 e. The number of hydrogen-bond donors (Lipinski definition) is 0.